The molecule has 2 aliphatic rings. The first-order valence-corrected chi connectivity index (χ1v) is 9.14. The zero-order valence-electron chi connectivity index (χ0n) is 14.5. The molecule has 25 heavy (non-hydrogen) atoms. The van der Waals surface area contributed by atoms with E-state index in [4.69, 9.17) is 0 Å². The van der Waals surface area contributed by atoms with Crippen molar-refractivity contribution in [2.24, 2.45) is 0 Å². The molecule has 3 rings (SSSR count). The number of piperazine rings is 1. The van der Waals surface area contributed by atoms with Crippen molar-refractivity contribution in [1.29, 1.82) is 0 Å². The summed E-state index contributed by atoms with van der Waals surface area (Å²) >= 11 is 0. The molecule has 1 aliphatic carbocycles. The lowest BCUT2D eigenvalue weighted by Gasteiger charge is -2.34. The van der Waals surface area contributed by atoms with E-state index in [9.17, 15) is 14.0 Å². The first kappa shape index (κ1) is 17.9. The number of halogens is 1. The summed E-state index contributed by atoms with van der Waals surface area (Å²) in [7, 11) is 0. The monoisotopic (exact) mass is 347 g/mol. The third-order valence-electron chi connectivity index (χ3n) is 5.08. The Morgan fingerprint density at radius 2 is 1.68 bits per heavy atom. The van der Waals surface area contributed by atoms with Gasteiger partial charge in [-0.1, -0.05) is 25.0 Å². The van der Waals surface area contributed by atoms with Gasteiger partial charge in [-0.05, 0) is 30.5 Å². The van der Waals surface area contributed by atoms with Crippen LogP contribution in [0.5, 0.6) is 0 Å². The molecule has 1 saturated carbocycles. The van der Waals surface area contributed by atoms with Gasteiger partial charge in [0.2, 0.25) is 11.8 Å². The molecule has 2 fully saturated rings. The SMILES string of the molecule is O=C(CN1CCN(C(=O)Cc2ccc(F)cc2)CC1)NC1CCCC1. The fraction of sp³-hybridized carbons (Fsp3) is 0.579. The lowest BCUT2D eigenvalue weighted by Crippen LogP contribution is -2.52. The van der Waals surface area contributed by atoms with Gasteiger partial charge in [-0.3, -0.25) is 14.5 Å². The van der Waals surface area contributed by atoms with Crippen LogP contribution in [0, 0.1) is 5.82 Å². The molecule has 1 heterocycles. The summed E-state index contributed by atoms with van der Waals surface area (Å²) in [6.45, 7) is 3.12. The predicted molar refractivity (Wildman–Crippen MR) is 93.5 cm³/mol. The first-order chi connectivity index (χ1) is 12.1. The van der Waals surface area contributed by atoms with Gasteiger partial charge in [-0.2, -0.15) is 0 Å². The highest BCUT2D eigenvalue weighted by Gasteiger charge is 2.24. The minimum atomic E-state index is -0.291. The van der Waals surface area contributed by atoms with Crippen LogP contribution in [0.15, 0.2) is 24.3 Å². The number of nitrogens with one attached hydrogen (secondary N) is 1. The summed E-state index contributed by atoms with van der Waals surface area (Å²) in [5.74, 6) is -0.139. The average Bonchev–Trinajstić information content (AvgIpc) is 3.10. The Morgan fingerprint density at radius 1 is 1.04 bits per heavy atom. The molecule has 0 unspecified atom stereocenters. The number of rotatable bonds is 5. The lowest BCUT2D eigenvalue weighted by molar-refractivity contribution is -0.132. The van der Waals surface area contributed by atoms with E-state index in [-0.39, 0.29) is 17.6 Å². The quantitative estimate of drug-likeness (QED) is 0.880. The van der Waals surface area contributed by atoms with Crippen molar-refractivity contribution in [3.63, 3.8) is 0 Å². The smallest absolute Gasteiger partial charge is 0.234 e. The second-order valence-electron chi connectivity index (χ2n) is 7.01. The van der Waals surface area contributed by atoms with E-state index in [1.54, 1.807) is 12.1 Å². The largest absolute Gasteiger partial charge is 0.352 e. The highest BCUT2D eigenvalue weighted by molar-refractivity contribution is 5.79. The first-order valence-electron chi connectivity index (χ1n) is 9.14. The van der Waals surface area contributed by atoms with Crippen LogP contribution in [0.3, 0.4) is 0 Å². The third kappa shape index (κ3) is 5.26. The second kappa shape index (κ2) is 8.43. The maximum absolute atomic E-state index is 12.9. The van der Waals surface area contributed by atoms with Crippen molar-refractivity contribution >= 4 is 11.8 Å². The molecule has 0 radical (unpaired) electrons. The number of benzene rings is 1. The number of hydrogen-bond donors (Lipinski definition) is 1. The molecule has 1 aromatic carbocycles. The van der Waals surface area contributed by atoms with Crippen molar-refractivity contribution in [3.8, 4) is 0 Å². The summed E-state index contributed by atoms with van der Waals surface area (Å²) in [6.07, 6.45) is 4.90. The zero-order valence-corrected chi connectivity index (χ0v) is 14.5. The standard InChI is InChI=1S/C19H26FN3O2/c20-16-7-5-15(6-8-16)13-19(25)23-11-9-22(10-12-23)14-18(24)21-17-3-1-2-4-17/h5-8,17H,1-4,9-14H2,(H,21,24). The zero-order chi connectivity index (χ0) is 17.6. The molecule has 2 amide bonds. The molecule has 136 valence electrons. The van der Waals surface area contributed by atoms with Gasteiger partial charge in [-0.25, -0.2) is 4.39 Å². The molecule has 1 saturated heterocycles. The number of hydrogen-bond acceptors (Lipinski definition) is 3. The van der Waals surface area contributed by atoms with E-state index >= 15 is 0 Å². The number of amides is 2. The van der Waals surface area contributed by atoms with Gasteiger partial charge in [0, 0.05) is 32.2 Å². The molecule has 0 aromatic heterocycles. The maximum atomic E-state index is 12.9. The molecular formula is C19H26FN3O2. The van der Waals surface area contributed by atoms with Crippen LogP contribution in [0.1, 0.15) is 31.2 Å². The Labute approximate surface area is 148 Å². The van der Waals surface area contributed by atoms with Crippen LogP contribution in [-0.2, 0) is 16.0 Å². The molecular weight excluding hydrogens is 321 g/mol. The minimum Gasteiger partial charge on any atom is -0.352 e. The van der Waals surface area contributed by atoms with Gasteiger partial charge < -0.3 is 10.2 Å². The molecule has 1 aliphatic heterocycles. The van der Waals surface area contributed by atoms with Crippen molar-refractivity contribution in [3.05, 3.63) is 35.6 Å². The number of nitrogens with zero attached hydrogens (tertiary/aromatic N) is 2. The maximum Gasteiger partial charge on any atom is 0.234 e. The lowest BCUT2D eigenvalue weighted by atomic mass is 10.1. The summed E-state index contributed by atoms with van der Waals surface area (Å²) in [6, 6.07) is 6.41. The summed E-state index contributed by atoms with van der Waals surface area (Å²) in [5.41, 5.74) is 0.824. The second-order valence-corrected chi connectivity index (χ2v) is 7.01. The van der Waals surface area contributed by atoms with Gasteiger partial charge in [0.1, 0.15) is 5.82 Å². The van der Waals surface area contributed by atoms with Crippen molar-refractivity contribution < 1.29 is 14.0 Å². The molecule has 0 atom stereocenters. The molecule has 0 spiro atoms. The Kier molecular flexibility index (Phi) is 6.02. The van der Waals surface area contributed by atoms with Crippen LogP contribution in [0.4, 0.5) is 4.39 Å². The van der Waals surface area contributed by atoms with Crippen LogP contribution < -0.4 is 5.32 Å². The summed E-state index contributed by atoms with van der Waals surface area (Å²) < 4.78 is 12.9. The van der Waals surface area contributed by atoms with Crippen LogP contribution in [0.25, 0.3) is 0 Å². The van der Waals surface area contributed by atoms with Gasteiger partial charge in [0.25, 0.3) is 0 Å². The fourth-order valence-electron chi connectivity index (χ4n) is 3.59. The Bertz CT molecular complexity index is 591. The number of carbonyl (C=O) groups is 2. The predicted octanol–water partition coefficient (Wildman–Crippen LogP) is 1.57. The molecule has 1 N–H and O–H groups in total. The van der Waals surface area contributed by atoms with Crippen molar-refractivity contribution in [1.82, 2.24) is 15.1 Å². The Balaban J connectivity index is 1.39. The van der Waals surface area contributed by atoms with Crippen LogP contribution in [-0.4, -0.2) is 60.4 Å². The summed E-state index contributed by atoms with van der Waals surface area (Å²) in [4.78, 5) is 28.4. The van der Waals surface area contributed by atoms with E-state index in [0.29, 0.717) is 45.2 Å². The van der Waals surface area contributed by atoms with E-state index < -0.39 is 0 Å². The highest BCUT2D eigenvalue weighted by Crippen LogP contribution is 2.17. The highest BCUT2D eigenvalue weighted by atomic mass is 19.1. The van der Waals surface area contributed by atoms with Crippen LogP contribution in [0.2, 0.25) is 0 Å². The van der Waals surface area contributed by atoms with Gasteiger partial charge in [-0.15, -0.1) is 0 Å². The minimum absolute atomic E-state index is 0.0571. The van der Waals surface area contributed by atoms with Gasteiger partial charge in [0.15, 0.2) is 0 Å². The summed E-state index contributed by atoms with van der Waals surface area (Å²) in [5, 5.41) is 3.11. The van der Waals surface area contributed by atoms with E-state index in [1.807, 2.05) is 4.90 Å². The van der Waals surface area contributed by atoms with Gasteiger partial charge in [0.05, 0.1) is 13.0 Å². The van der Waals surface area contributed by atoms with E-state index in [1.165, 1.54) is 25.0 Å². The van der Waals surface area contributed by atoms with Crippen LogP contribution >= 0.6 is 0 Å². The normalized spacial score (nSPS) is 19.2. The molecule has 1 aromatic rings. The average molecular weight is 347 g/mol. The molecule has 0 bridgehead atoms. The van der Waals surface area contributed by atoms with Crippen molar-refractivity contribution in [2.75, 3.05) is 32.7 Å². The topological polar surface area (TPSA) is 52.7 Å². The van der Waals surface area contributed by atoms with Gasteiger partial charge >= 0.3 is 0 Å². The van der Waals surface area contributed by atoms with E-state index in [0.717, 1.165) is 18.4 Å². The van der Waals surface area contributed by atoms with E-state index in [2.05, 4.69) is 10.2 Å². The molecule has 5 nitrogen and oxygen atoms in total. The molecule has 6 heteroatoms. The Hall–Kier alpha value is -1.95. The number of carbonyl (C=O) groups excluding carboxylic acids is 2. The Morgan fingerprint density at radius 3 is 2.32 bits per heavy atom. The van der Waals surface area contributed by atoms with Crippen molar-refractivity contribution in [2.45, 2.75) is 38.1 Å². The fourth-order valence-corrected chi connectivity index (χ4v) is 3.59. The third-order valence-corrected chi connectivity index (χ3v) is 5.08.